The van der Waals surface area contributed by atoms with E-state index in [0.29, 0.717) is 10.8 Å². The fraction of sp³-hybridized carbons (Fsp3) is 0.235. The Morgan fingerprint density at radius 1 is 1.13 bits per heavy atom. The molecule has 0 spiro atoms. The highest BCUT2D eigenvalue weighted by Gasteiger charge is 2.12. The van der Waals surface area contributed by atoms with E-state index in [1.165, 1.54) is 6.07 Å². The lowest BCUT2D eigenvalue weighted by molar-refractivity contribution is -0.0493. The highest BCUT2D eigenvalue weighted by Crippen LogP contribution is 2.27. The van der Waals surface area contributed by atoms with Crippen LogP contribution in [0.15, 0.2) is 48.5 Å². The number of rotatable bonds is 5. The smallest absolute Gasteiger partial charge is 0.387 e. The van der Waals surface area contributed by atoms with Gasteiger partial charge in [-0.2, -0.15) is 8.78 Å². The SMILES string of the molecule is Cc1ccc(OC(F)F)c(NC(=S)NC(C)c2ccccc2)c1. The van der Waals surface area contributed by atoms with Crippen molar-refractivity contribution < 1.29 is 13.5 Å². The Morgan fingerprint density at radius 2 is 1.83 bits per heavy atom. The summed E-state index contributed by atoms with van der Waals surface area (Å²) in [6.07, 6.45) is 0. The van der Waals surface area contributed by atoms with Crippen molar-refractivity contribution in [1.29, 1.82) is 0 Å². The number of ether oxygens (including phenoxy) is 1. The van der Waals surface area contributed by atoms with Crippen LogP contribution in [0, 0.1) is 6.92 Å². The molecule has 0 aliphatic heterocycles. The molecule has 0 aromatic heterocycles. The largest absolute Gasteiger partial charge is 0.433 e. The maximum Gasteiger partial charge on any atom is 0.387 e. The van der Waals surface area contributed by atoms with Gasteiger partial charge in [-0.3, -0.25) is 0 Å². The van der Waals surface area contributed by atoms with Crippen LogP contribution in [0.25, 0.3) is 0 Å². The fourth-order valence-electron chi connectivity index (χ4n) is 2.12. The number of halogens is 2. The van der Waals surface area contributed by atoms with Crippen molar-refractivity contribution >= 4 is 23.0 Å². The molecular formula is C17H18F2N2OS. The van der Waals surface area contributed by atoms with Crippen LogP contribution in [0.4, 0.5) is 14.5 Å². The molecule has 0 fully saturated rings. The Kier molecular flexibility index (Phi) is 5.87. The van der Waals surface area contributed by atoms with Crippen molar-refractivity contribution in [3.05, 3.63) is 59.7 Å². The minimum Gasteiger partial charge on any atom is -0.433 e. The van der Waals surface area contributed by atoms with Gasteiger partial charge in [-0.05, 0) is 49.3 Å². The Labute approximate surface area is 139 Å². The molecule has 0 heterocycles. The lowest BCUT2D eigenvalue weighted by Gasteiger charge is -2.19. The maximum atomic E-state index is 12.5. The summed E-state index contributed by atoms with van der Waals surface area (Å²) in [6.45, 7) is 0.944. The first-order valence-corrected chi connectivity index (χ1v) is 7.54. The van der Waals surface area contributed by atoms with Gasteiger partial charge in [0.15, 0.2) is 5.11 Å². The fourth-order valence-corrected chi connectivity index (χ4v) is 2.41. The summed E-state index contributed by atoms with van der Waals surface area (Å²) in [5.74, 6) is 0.0575. The number of alkyl halides is 2. The van der Waals surface area contributed by atoms with Gasteiger partial charge in [0.2, 0.25) is 0 Å². The monoisotopic (exact) mass is 336 g/mol. The van der Waals surface area contributed by atoms with E-state index in [1.807, 2.05) is 44.2 Å². The first-order chi connectivity index (χ1) is 11.0. The molecule has 0 amide bonds. The highest BCUT2D eigenvalue weighted by atomic mass is 32.1. The Bertz CT molecular complexity index is 665. The van der Waals surface area contributed by atoms with Crippen molar-refractivity contribution in [3.8, 4) is 5.75 Å². The summed E-state index contributed by atoms with van der Waals surface area (Å²) in [5, 5.41) is 6.38. The van der Waals surface area contributed by atoms with E-state index in [4.69, 9.17) is 12.2 Å². The van der Waals surface area contributed by atoms with E-state index in [1.54, 1.807) is 12.1 Å². The van der Waals surface area contributed by atoms with Gasteiger partial charge < -0.3 is 15.4 Å². The molecule has 0 aliphatic carbocycles. The quantitative estimate of drug-likeness (QED) is 0.779. The minimum absolute atomic E-state index is 0.0134. The van der Waals surface area contributed by atoms with Crippen LogP contribution >= 0.6 is 12.2 Å². The second-order valence-electron chi connectivity index (χ2n) is 5.11. The molecule has 0 saturated carbocycles. The number of benzene rings is 2. The van der Waals surface area contributed by atoms with Crippen LogP contribution in [0.3, 0.4) is 0 Å². The van der Waals surface area contributed by atoms with Crippen molar-refractivity contribution in [2.45, 2.75) is 26.5 Å². The van der Waals surface area contributed by atoms with Gasteiger partial charge >= 0.3 is 6.61 Å². The summed E-state index contributed by atoms with van der Waals surface area (Å²) >= 11 is 5.26. The molecular weight excluding hydrogens is 318 g/mol. The number of hydrogen-bond acceptors (Lipinski definition) is 2. The van der Waals surface area contributed by atoms with Gasteiger partial charge in [0, 0.05) is 0 Å². The standard InChI is InChI=1S/C17H18F2N2OS/c1-11-8-9-15(22-16(18)19)14(10-11)21-17(23)20-12(2)13-6-4-3-5-7-13/h3-10,12,16H,1-2H3,(H2,20,21,23). The van der Waals surface area contributed by atoms with Crippen molar-refractivity contribution in [2.24, 2.45) is 0 Å². The van der Waals surface area contributed by atoms with E-state index in [9.17, 15) is 8.78 Å². The molecule has 0 aliphatic rings. The van der Waals surface area contributed by atoms with Crippen LogP contribution in [0.5, 0.6) is 5.75 Å². The molecule has 122 valence electrons. The maximum absolute atomic E-state index is 12.5. The predicted octanol–water partition coefficient (Wildman–Crippen LogP) is 4.64. The van der Waals surface area contributed by atoms with Crippen LogP contribution in [0.2, 0.25) is 0 Å². The molecule has 0 saturated heterocycles. The number of hydrogen-bond donors (Lipinski definition) is 2. The normalized spacial score (nSPS) is 11.9. The van der Waals surface area contributed by atoms with E-state index in [2.05, 4.69) is 15.4 Å². The molecule has 2 N–H and O–H groups in total. The molecule has 2 rings (SSSR count). The van der Waals surface area contributed by atoms with Crippen molar-refractivity contribution in [1.82, 2.24) is 5.32 Å². The third-order valence-corrected chi connectivity index (χ3v) is 3.47. The first kappa shape index (κ1) is 17.1. The van der Waals surface area contributed by atoms with Gasteiger partial charge in [-0.1, -0.05) is 36.4 Å². The molecule has 1 unspecified atom stereocenters. The lowest BCUT2D eigenvalue weighted by atomic mass is 10.1. The molecule has 3 nitrogen and oxygen atoms in total. The zero-order valence-corrected chi connectivity index (χ0v) is 13.7. The predicted molar refractivity (Wildman–Crippen MR) is 92.0 cm³/mol. The summed E-state index contributed by atoms with van der Waals surface area (Å²) in [6, 6.07) is 14.7. The number of nitrogens with one attached hydrogen (secondary N) is 2. The van der Waals surface area contributed by atoms with Crippen LogP contribution in [-0.2, 0) is 0 Å². The van der Waals surface area contributed by atoms with Gasteiger partial charge in [0.1, 0.15) is 5.75 Å². The molecule has 23 heavy (non-hydrogen) atoms. The van der Waals surface area contributed by atoms with Crippen molar-refractivity contribution in [2.75, 3.05) is 5.32 Å². The second-order valence-corrected chi connectivity index (χ2v) is 5.52. The Balaban J connectivity index is 2.06. The molecule has 0 radical (unpaired) electrons. The zero-order chi connectivity index (χ0) is 16.8. The highest BCUT2D eigenvalue weighted by molar-refractivity contribution is 7.80. The number of anilines is 1. The van der Waals surface area contributed by atoms with Gasteiger partial charge in [-0.15, -0.1) is 0 Å². The molecule has 1 atom stereocenters. The van der Waals surface area contributed by atoms with Gasteiger partial charge in [-0.25, -0.2) is 0 Å². The summed E-state index contributed by atoms with van der Waals surface area (Å²) in [5.41, 5.74) is 2.39. The Morgan fingerprint density at radius 3 is 2.48 bits per heavy atom. The number of thiocarbonyl (C=S) groups is 1. The van der Waals surface area contributed by atoms with Crippen LogP contribution in [-0.4, -0.2) is 11.7 Å². The molecule has 2 aromatic carbocycles. The first-order valence-electron chi connectivity index (χ1n) is 7.13. The van der Waals surface area contributed by atoms with Gasteiger partial charge in [0.05, 0.1) is 11.7 Å². The van der Waals surface area contributed by atoms with E-state index in [0.717, 1.165) is 11.1 Å². The summed E-state index contributed by atoms with van der Waals surface area (Å²) < 4.78 is 29.5. The van der Waals surface area contributed by atoms with E-state index in [-0.39, 0.29) is 11.8 Å². The minimum atomic E-state index is -2.89. The average Bonchev–Trinajstić information content (AvgIpc) is 2.50. The third-order valence-electron chi connectivity index (χ3n) is 3.25. The third kappa shape index (κ3) is 5.17. The van der Waals surface area contributed by atoms with E-state index < -0.39 is 6.61 Å². The topological polar surface area (TPSA) is 33.3 Å². The van der Waals surface area contributed by atoms with Crippen molar-refractivity contribution in [3.63, 3.8) is 0 Å². The zero-order valence-electron chi connectivity index (χ0n) is 12.8. The molecule has 2 aromatic rings. The van der Waals surface area contributed by atoms with Crippen LogP contribution in [0.1, 0.15) is 24.1 Å². The lowest BCUT2D eigenvalue weighted by Crippen LogP contribution is -2.31. The summed E-state index contributed by atoms with van der Waals surface area (Å²) in [4.78, 5) is 0. The Hall–Kier alpha value is -2.21. The molecule has 6 heteroatoms. The van der Waals surface area contributed by atoms with Gasteiger partial charge in [0.25, 0.3) is 0 Å². The average molecular weight is 336 g/mol. The van der Waals surface area contributed by atoms with Crippen LogP contribution < -0.4 is 15.4 Å². The summed E-state index contributed by atoms with van der Waals surface area (Å²) in [7, 11) is 0. The molecule has 0 bridgehead atoms. The number of aryl methyl sites for hydroxylation is 1. The van der Waals surface area contributed by atoms with E-state index >= 15 is 0 Å². The second kappa shape index (κ2) is 7.87.